The number of rotatable bonds is 2. The molecule has 2 amide bonds. The number of aliphatic hydroxyl groups is 1. The molecule has 0 bridgehead atoms. The molecule has 2 rings (SSSR count). The predicted molar refractivity (Wildman–Crippen MR) is 73.1 cm³/mol. The largest absolute Gasteiger partial charge is 0.389 e. The van der Waals surface area contributed by atoms with Crippen molar-refractivity contribution in [2.45, 2.75) is 26.0 Å². The fraction of sp³-hybridized carbons (Fsp3) is 0.500. The predicted octanol–water partition coefficient (Wildman–Crippen LogP) is 1.99. The van der Waals surface area contributed by atoms with Crippen molar-refractivity contribution in [3.05, 3.63) is 29.8 Å². The Balaban J connectivity index is 1.98. The molecule has 1 aromatic rings. The molecule has 2 atom stereocenters. The number of ether oxygens (including phenoxy) is 1. The second kappa shape index (κ2) is 6.04. The van der Waals surface area contributed by atoms with E-state index in [1.54, 1.807) is 24.0 Å². The molecule has 0 radical (unpaired) electrons. The van der Waals surface area contributed by atoms with Crippen molar-refractivity contribution in [3.63, 3.8) is 0 Å². The van der Waals surface area contributed by atoms with Gasteiger partial charge in [-0.25, -0.2) is 4.79 Å². The first-order valence-corrected chi connectivity index (χ1v) is 6.51. The summed E-state index contributed by atoms with van der Waals surface area (Å²) in [6.45, 7) is 5.45. The van der Waals surface area contributed by atoms with Gasteiger partial charge in [0, 0.05) is 12.2 Å². The number of hydrogen-bond acceptors (Lipinski definition) is 3. The van der Waals surface area contributed by atoms with E-state index in [0.717, 1.165) is 11.3 Å². The van der Waals surface area contributed by atoms with Crippen molar-refractivity contribution >= 4 is 11.7 Å². The van der Waals surface area contributed by atoms with Gasteiger partial charge in [-0.05, 0) is 31.5 Å². The van der Waals surface area contributed by atoms with Crippen molar-refractivity contribution in [2.75, 3.05) is 25.1 Å². The molecule has 1 aromatic carbocycles. The third-order valence-electron chi connectivity index (χ3n) is 3.27. The summed E-state index contributed by atoms with van der Waals surface area (Å²) in [5.41, 5.74) is 1.56. The number of carbonyl (C=O) groups excluding carboxylic acids is 1. The monoisotopic (exact) mass is 264 g/mol. The van der Waals surface area contributed by atoms with Crippen LogP contribution < -0.4 is 5.32 Å². The van der Waals surface area contributed by atoms with Gasteiger partial charge in [0.25, 0.3) is 0 Å². The van der Waals surface area contributed by atoms with Crippen LogP contribution in [-0.2, 0) is 4.74 Å². The quantitative estimate of drug-likeness (QED) is 0.858. The minimum absolute atomic E-state index is 0.0884. The van der Waals surface area contributed by atoms with Crippen LogP contribution in [0.2, 0.25) is 0 Å². The standard InChI is InChI=1S/C14H20N2O3/c1-10-9-19-8-7-16(10)14(18)15-13-5-3-12(4-6-13)11(2)17/h3-6,10-11,17H,7-9H2,1-2H3,(H,15,18). The SMILES string of the molecule is CC(O)c1ccc(NC(=O)N2CCOCC2C)cc1. The van der Waals surface area contributed by atoms with E-state index in [1.165, 1.54) is 0 Å². The Morgan fingerprint density at radius 2 is 2.16 bits per heavy atom. The Hall–Kier alpha value is -1.59. The van der Waals surface area contributed by atoms with Crippen LogP contribution >= 0.6 is 0 Å². The molecule has 0 aromatic heterocycles. The van der Waals surface area contributed by atoms with Gasteiger partial charge in [0.1, 0.15) is 0 Å². The normalized spacial score (nSPS) is 21.0. The maximum atomic E-state index is 12.1. The molecule has 2 N–H and O–H groups in total. The van der Waals surface area contributed by atoms with Gasteiger partial charge in [-0.3, -0.25) is 0 Å². The van der Waals surface area contributed by atoms with Crippen molar-refractivity contribution in [2.24, 2.45) is 0 Å². The van der Waals surface area contributed by atoms with Gasteiger partial charge in [-0.1, -0.05) is 12.1 Å². The fourth-order valence-electron chi connectivity index (χ4n) is 2.07. The highest BCUT2D eigenvalue weighted by atomic mass is 16.5. The van der Waals surface area contributed by atoms with E-state index >= 15 is 0 Å². The van der Waals surface area contributed by atoms with E-state index in [1.807, 2.05) is 19.1 Å². The molecular weight excluding hydrogens is 244 g/mol. The molecule has 0 spiro atoms. The van der Waals surface area contributed by atoms with Gasteiger partial charge in [0.2, 0.25) is 0 Å². The van der Waals surface area contributed by atoms with E-state index in [-0.39, 0.29) is 12.1 Å². The van der Waals surface area contributed by atoms with Crippen LogP contribution in [0.25, 0.3) is 0 Å². The van der Waals surface area contributed by atoms with E-state index in [2.05, 4.69) is 5.32 Å². The summed E-state index contributed by atoms with van der Waals surface area (Å²) in [4.78, 5) is 13.9. The Bertz CT molecular complexity index is 431. The summed E-state index contributed by atoms with van der Waals surface area (Å²) in [6.07, 6.45) is -0.496. The highest BCUT2D eigenvalue weighted by molar-refractivity contribution is 5.89. The molecular formula is C14H20N2O3. The maximum Gasteiger partial charge on any atom is 0.322 e. The van der Waals surface area contributed by atoms with Crippen LogP contribution in [0.5, 0.6) is 0 Å². The molecule has 2 unspecified atom stereocenters. The number of aliphatic hydroxyl groups excluding tert-OH is 1. The van der Waals surface area contributed by atoms with E-state index < -0.39 is 6.10 Å². The summed E-state index contributed by atoms with van der Waals surface area (Å²) >= 11 is 0. The smallest absolute Gasteiger partial charge is 0.322 e. The zero-order chi connectivity index (χ0) is 13.8. The molecule has 1 heterocycles. The molecule has 1 saturated heterocycles. The van der Waals surface area contributed by atoms with Crippen LogP contribution in [0.15, 0.2) is 24.3 Å². The number of urea groups is 1. The summed E-state index contributed by atoms with van der Waals surface area (Å²) < 4.78 is 5.30. The molecule has 1 fully saturated rings. The van der Waals surface area contributed by atoms with E-state index in [4.69, 9.17) is 4.74 Å². The average molecular weight is 264 g/mol. The van der Waals surface area contributed by atoms with Crippen LogP contribution in [-0.4, -0.2) is 41.8 Å². The first kappa shape index (κ1) is 13.8. The van der Waals surface area contributed by atoms with Gasteiger partial charge in [0.05, 0.1) is 25.4 Å². The van der Waals surface area contributed by atoms with Gasteiger partial charge in [-0.15, -0.1) is 0 Å². The number of morpholine rings is 1. The van der Waals surface area contributed by atoms with Crippen molar-refractivity contribution in [3.8, 4) is 0 Å². The van der Waals surface area contributed by atoms with E-state index in [0.29, 0.717) is 19.8 Å². The van der Waals surface area contributed by atoms with Crippen molar-refractivity contribution in [1.82, 2.24) is 4.90 Å². The third-order valence-corrected chi connectivity index (χ3v) is 3.27. The van der Waals surface area contributed by atoms with Crippen LogP contribution in [0.3, 0.4) is 0 Å². The lowest BCUT2D eigenvalue weighted by Gasteiger charge is -2.33. The maximum absolute atomic E-state index is 12.1. The Labute approximate surface area is 113 Å². The Morgan fingerprint density at radius 1 is 1.47 bits per heavy atom. The van der Waals surface area contributed by atoms with Gasteiger partial charge >= 0.3 is 6.03 Å². The van der Waals surface area contributed by atoms with E-state index in [9.17, 15) is 9.90 Å². The van der Waals surface area contributed by atoms with Crippen LogP contribution in [0, 0.1) is 0 Å². The molecule has 1 aliphatic heterocycles. The molecule has 5 heteroatoms. The van der Waals surface area contributed by atoms with Gasteiger partial charge in [0.15, 0.2) is 0 Å². The van der Waals surface area contributed by atoms with Crippen LogP contribution in [0.4, 0.5) is 10.5 Å². The topological polar surface area (TPSA) is 61.8 Å². The number of benzene rings is 1. The molecule has 0 saturated carbocycles. The van der Waals surface area contributed by atoms with Crippen molar-refractivity contribution in [1.29, 1.82) is 0 Å². The minimum Gasteiger partial charge on any atom is -0.389 e. The number of nitrogens with one attached hydrogen (secondary N) is 1. The number of hydrogen-bond donors (Lipinski definition) is 2. The number of anilines is 1. The lowest BCUT2D eigenvalue weighted by molar-refractivity contribution is 0.0222. The van der Waals surface area contributed by atoms with Crippen molar-refractivity contribution < 1.29 is 14.6 Å². The Morgan fingerprint density at radius 3 is 2.74 bits per heavy atom. The number of amides is 2. The highest BCUT2D eigenvalue weighted by Gasteiger charge is 2.23. The zero-order valence-corrected chi connectivity index (χ0v) is 11.3. The molecule has 1 aliphatic rings. The fourth-order valence-corrected chi connectivity index (χ4v) is 2.07. The first-order valence-electron chi connectivity index (χ1n) is 6.51. The van der Waals surface area contributed by atoms with Gasteiger partial charge < -0.3 is 20.1 Å². The second-order valence-corrected chi connectivity index (χ2v) is 4.85. The summed E-state index contributed by atoms with van der Waals surface area (Å²) in [7, 11) is 0. The second-order valence-electron chi connectivity index (χ2n) is 4.85. The molecule has 19 heavy (non-hydrogen) atoms. The average Bonchev–Trinajstić information content (AvgIpc) is 2.39. The summed E-state index contributed by atoms with van der Waals surface area (Å²) in [6, 6.07) is 7.19. The summed E-state index contributed by atoms with van der Waals surface area (Å²) in [5, 5.41) is 12.3. The number of carbonyl (C=O) groups is 1. The molecule has 0 aliphatic carbocycles. The van der Waals surface area contributed by atoms with Gasteiger partial charge in [-0.2, -0.15) is 0 Å². The third kappa shape index (κ3) is 3.45. The zero-order valence-electron chi connectivity index (χ0n) is 11.3. The summed E-state index contributed by atoms with van der Waals surface area (Å²) in [5.74, 6) is 0. The lowest BCUT2D eigenvalue weighted by Crippen LogP contribution is -2.48. The van der Waals surface area contributed by atoms with Crippen LogP contribution in [0.1, 0.15) is 25.5 Å². The highest BCUT2D eigenvalue weighted by Crippen LogP contribution is 2.16. The molecule has 5 nitrogen and oxygen atoms in total. The Kier molecular flexibility index (Phi) is 4.39. The molecule has 104 valence electrons. The lowest BCUT2D eigenvalue weighted by atomic mass is 10.1. The first-order chi connectivity index (χ1) is 9.08. The number of nitrogens with zero attached hydrogens (tertiary/aromatic N) is 1. The minimum atomic E-state index is -0.496.